The van der Waals surface area contributed by atoms with Gasteiger partial charge in [0.05, 0.1) is 6.20 Å². The minimum atomic E-state index is -0.445. The van der Waals surface area contributed by atoms with Gasteiger partial charge in [0.1, 0.15) is 11.5 Å². The van der Waals surface area contributed by atoms with Crippen molar-refractivity contribution in [3.63, 3.8) is 0 Å². The second-order valence-corrected chi connectivity index (χ2v) is 7.32. The average molecular weight is 379 g/mol. The van der Waals surface area contributed by atoms with Gasteiger partial charge in [-0.3, -0.25) is 9.78 Å². The Hall–Kier alpha value is -3.16. The molecule has 0 radical (unpaired) electrons. The van der Waals surface area contributed by atoms with Crippen LogP contribution in [0.3, 0.4) is 0 Å². The van der Waals surface area contributed by atoms with Gasteiger partial charge in [0.2, 0.25) is 11.7 Å². The van der Waals surface area contributed by atoms with Crippen molar-refractivity contribution in [2.75, 3.05) is 0 Å². The number of carbonyl (C=O) groups is 1. The Bertz CT molecular complexity index is 977. The number of rotatable bonds is 3. The molecule has 2 fully saturated rings. The van der Waals surface area contributed by atoms with E-state index < -0.39 is 5.82 Å². The normalized spacial score (nSPS) is 23.8. The molecule has 28 heavy (non-hydrogen) atoms. The molecule has 2 aliphatic rings. The van der Waals surface area contributed by atoms with Crippen molar-refractivity contribution < 1.29 is 13.7 Å². The molecule has 0 N–H and O–H groups in total. The molecule has 1 amide bonds. The maximum absolute atomic E-state index is 13.1. The standard InChI is InChI=1S/C20H18FN5O2/c21-14-1-4-17(23-11-14)20(27)26-15-2-3-16(26)10-13(9-15)19-24-18(25-28-19)12-5-7-22-8-6-12/h1,4-8,11,13,15-16H,2-3,9-10H2/t13?,15-,16+. The first-order valence-corrected chi connectivity index (χ1v) is 9.37. The Kier molecular flexibility index (Phi) is 4.11. The maximum atomic E-state index is 13.1. The van der Waals surface area contributed by atoms with E-state index in [1.54, 1.807) is 12.4 Å². The highest BCUT2D eigenvalue weighted by molar-refractivity contribution is 5.93. The van der Waals surface area contributed by atoms with Crippen molar-refractivity contribution >= 4 is 5.91 Å². The van der Waals surface area contributed by atoms with Crippen LogP contribution in [0, 0.1) is 5.82 Å². The van der Waals surface area contributed by atoms with Gasteiger partial charge in [0.15, 0.2) is 0 Å². The molecule has 3 atom stereocenters. The Balaban J connectivity index is 1.34. The lowest BCUT2D eigenvalue weighted by Gasteiger charge is -2.37. The third-order valence-electron chi connectivity index (χ3n) is 5.64. The number of hydrogen-bond acceptors (Lipinski definition) is 6. The molecule has 8 heteroatoms. The van der Waals surface area contributed by atoms with Crippen LogP contribution in [0.1, 0.15) is 48.0 Å². The maximum Gasteiger partial charge on any atom is 0.272 e. The number of amides is 1. The van der Waals surface area contributed by atoms with E-state index in [9.17, 15) is 9.18 Å². The Morgan fingerprint density at radius 2 is 1.86 bits per heavy atom. The van der Waals surface area contributed by atoms with E-state index in [0.29, 0.717) is 11.7 Å². The van der Waals surface area contributed by atoms with Gasteiger partial charge in [-0.15, -0.1) is 0 Å². The fourth-order valence-electron chi connectivity index (χ4n) is 4.36. The van der Waals surface area contributed by atoms with Crippen molar-refractivity contribution in [2.24, 2.45) is 0 Å². The highest BCUT2D eigenvalue weighted by Gasteiger charge is 2.45. The molecule has 2 bridgehead atoms. The van der Waals surface area contributed by atoms with Crippen LogP contribution in [0.5, 0.6) is 0 Å². The van der Waals surface area contributed by atoms with Gasteiger partial charge in [-0.05, 0) is 49.9 Å². The molecule has 3 aromatic rings. The summed E-state index contributed by atoms with van der Waals surface area (Å²) in [5.41, 5.74) is 1.15. The topological polar surface area (TPSA) is 85.0 Å². The lowest BCUT2D eigenvalue weighted by molar-refractivity contribution is 0.0549. The van der Waals surface area contributed by atoms with Crippen molar-refractivity contribution in [2.45, 2.75) is 43.7 Å². The molecule has 0 saturated carbocycles. The van der Waals surface area contributed by atoms with E-state index in [2.05, 4.69) is 20.1 Å². The smallest absolute Gasteiger partial charge is 0.272 e. The van der Waals surface area contributed by atoms with E-state index in [0.717, 1.165) is 37.4 Å². The van der Waals surface area contributed by atoms with E-state index in [1.807, 2.05) is 17.0 Å². The van der Waals surface area contributed by atoms with Crippen molar-refractivity contribution in [3.8, 4) is 11.4 Å². The van der Waals surface area contributed by atoms with Gasteiger partial charge >= 0.3 is 0 Å². The van der Waals surface area contributed by atoms with E-state index >= 15 is 0 Å². The first-order valence-electron chi connectivity index (χ1n) is 9.37. The van der Waals surface area contributed by atoms with Crippen LogP contribution in [0.15, 0.2) is 47.4 Å². The summed E-state index contributed by atoms with van der Waals surface area (Å²) in [5, 5.41) is 4.10. The van der Waals surface area contributed by atoms with Gasteiger partial charge in [-0.2, -0.15) is 4.98 Å². The summed E-state index contributed by atoms with van der Waals surface area (Å²) >= 11 is 0. The SMILES string of the molecule is O=C(c1ccc(F)cn1)N1[C@@H]2CC[C@H]1CC(c1nc(-c3ccncc3)no1)C2. The number of aromatic nitrogens is 4. The van der Waals surface area contributed by atoms with Crippen LogP contribution in [0.2, 0.25) is 0 Å². The van der Waals surface area contributed by atoms with E-state index in [4.69, 9.17) is 4.52 Å². The molecule has 1 unspecified atom stereocenters. The quantitative estimate of drug-likeness (QED) is 0.695. The first kappa shape index (κ1) is 17.0. The lowest BCUT2D eigenvalue weighted by atomic mass is 9.90. The summed E-state index contributed by atoms with van der Waals surface area (Å²) in [5.74, 6) is 0.730. The molecular weight excluding hydrogens is 361 g/mol. The third kappa shape index (κ3) is 2.94. The molecule has 2 aliphatic heterocycles. The van der Waals surface area contributed by atoms with Crippen LogP contribution in [0.25, 0.3) is 11.4 Å². The van der Waals surface area contributed by atoms with Crippen molar-refractivity contribution in [1.29, 1.82) is 0 Å². The monoisotopic (exact) mass is 379 g/mol. The van der Waals surface area contributed by atoms with Crippen LogP contribution >= 0.6 is 0 Å². The molecule has 3 aromatic heterocycles. The first-order chi connectivity index (χ1) is 13.7. The second kappa shape index (κ2) is 6.78. The number of carbonyl (C=O) groups excluding carboxylic acids is 1. The Morgan fingerprint density at radius 1 is 1.11 bits per heavy atom. The number of fused-ring (bicyclic) bond motifs is 2. The molecule has 2 saturated heterocycles. The fourth-order valence-corrected chi connectivity index (χ4v) is 4.36. The van der Waals surface area contributed by atoms with Crippen LogP contribution in [-0.2, 0) is 0 Å². The summed E-state index contributed by atoms with van der Waals surface area (Å²) in [4.78, 5) is 27.3. The van der Waals surface area contributed by atoms with Crippen LogP contribution in [-0.4, -0.2) is 43.0 Å². The molecule has 0 spiro atoms. The second-order valence-electron chi connectivity index (χ2n) is 7.32. The zero-order chi connectivity index (χ0) is 19.1. The number of piperidine rings is 1. The summed E-state index contributed by atoms with van der Waals surface area (Å²) in [6, 6.07) is 6.62. The Labute approximate surface area is 160 Å². The lowest BCUT2D eigenvalue weighted by Crippen LogP contribution is -2.46. The van der Waals surface area contributed by atoms with Crippen LogP contribution in [0.4, 0.5) is 4.39 Å². The highest BCUT2D eigenvalue weighted by atomic mass is 19.1. The van der Waals surface area contributed by atoms with Gasteiger partial charge in [-0.1, -0.05) is 5.16 Å². The minimum Gasteiger partial charge on any atom is -0.339 e. The highest BCUT2D eigenvalue weighted by Crippen LogP contribution is 2.43. The fraction of sp³-hybridized carbons (Fsp3) is 0.350. The van der Waals surface area contributed by atoms with Gasteiger partial charge in [-0.25, -0.2) is 9.37 Å². The minimum absolute atomic E-state index is 0.111. The summed E-state index contributed by atoms with van der Waals surface area (Å²) < 4.78 is 18.6. The largest absolute Gasteiger partial charge is 0.339 e. The zero-order valence-corrected chi connectivity index (χ0v) is 15.0. The number of nitrogens with zero attached hydrogens (tertiary/aromatic N) is 5. The van der Waals surface area contributed by atoms with Gasteiger partial charge in [0.25, 0.3) is 5.91 Å². The van der Waals surface area contributed by atoms with Crippen LogP contribution < -0.4 is 0 Å². The van der Waals surface area contributed by atoms with Crippen molar-refractivity contribution in [3.05, 3.63) is 60.3 Å². The third-order valence-corrected chi connectivity index (χ3v) is 5.64. The summed E-state index contributed by atoms with van der Waals surface area (Å²) in [6.45, 7) is 0. The Morgan fingerprint density at radius 3 is 2.54 bits per heavy atom. The molecule has 7 nitrogen and oxygen atoms in total. The number of hydrogen-bond donors (Lipinski definition) is 0. The number of halogens is 1. The predicted octanol–water partition coefficient (Wildman–Crippen LogP) is 3.22. The van der Waals surface area contributed by atoms with Gasteiger partial charge in [0, 0.05) is 36.0 Å². The van der Waals surface area contributed by atoms with E-state index in [1.165, 1.54) is 12.1 Å². The molecule has 5 rings (SSSR count). The summed E-state index contributed by atoms with van der Waals surface area (Å²) in [7, 11) is 0. The molecule has 5 heterocycles. The molecule has 0 aliphatic carbocycles. The molecular formula is C20H18FN5O2. The summed E-state index contributed by atoms with van der Waals surface area (Å²) in [6.07, 6.45) is 7.92. The molecule has 142 valence electrons. The predicted molar refractivity (Wildman–Crippen MR) is 96.7 cm³/mol. The number of pyridine rings is 2. The average Bonchev–Trinajstić information content (AvgIpc) is 3.32. The van der Waals surface area contributed by atoms with Gasteiger partial charge < -0.3 is 9.42 Å². The molecule has 0 aromatic carbocycles. The zero-order valence-electron chi connectivity index (χ0n) is 15.0. The van der Waals surface area contributed by atoms with E-state index in [-0.39, 0.29) is 29.6 Å². The van der Waals surface area contributed by atoms with Crippen molar-refractivity contribution in [1.82, 2.24) is 25.0 Å².